The van der Waals surface area contributed by atoms with Crippen molar-refractivity contribution >= 4 is 11.3 Å². The van der Waals surface area contributed by atoms with Gasteiger partial charge in [0.05, 0.1) is 10.7 Å². The molecule has 2 rings (SSSR count). The molecule has 1 aromatic rings. The van der Waals surface area contributed by atoms with Gasteiger partial charge >= 0.3 is 0 Å². The minimum Gasteiger partial charge on any atom is -0.309 e. The highest BCUT2D eigenvalue weighted by Gasteiger charge is 2.23. The molecule has 0 amide bonds. The van der Waals surface area contributed by atoms with E-state index in [1.165, 1.54) is 41.3 Å². The lowest BCUT2D eigenvalue weighted by atomic mass is 10.0. The van der Waals surface area contributed by atoms with Crippen LogP contribution in [0.4, 0.5) is 0 Å². The molecule has 1 aliphatic rings. The Hall–Kier alpha value is -0.410. The molecule has 102 valence electrons. The van der Waals surface area contributed by atoms with Crippen LogP contribution in [0, 0.1) is 0 Å². The summed E-state index contributed by atoms with van der Waals surface area (Å²) in [7, 11) is 0. The van der Waals surface area contributed by atoms with Crippen LogP contribution in [0.3, 0.4) is 0 Å². The molecule has 1 saturated carbocycles. The van der Waals surface area contributed by atoms with Crippen LogP contribution in [0.2, 0.25) is 0 Å². The monoisotopic (exact) mass is 266 g/mol. The van der Waals surface area contributed by atoms with Gasteiger partial charge in [-0.1, -0.05) is 27.7 Å². The number of hydrogen-bond donors (Lipinski definition) is 1. The lowest BCUT2D eigenvalue weighted by molar-refractivity contribution is 0.631. The lowest BCUT2D eigenvalue weighted by Crippen LogP contribution is -2.15. The van der Waals surface area contributed by atoms with E-state index in [0.29, 0.717) is 11.8 Å². The van der Waals surface area contributed by atoms with Gasteiger partial charge in [0.15, 0.2) is 0 Å². The van der Waals surface area contributed by atoms with Crippen LogP contribution in [0.1, 0.15) is 80.8 Å². The zero-order valence-electron chi connectivity index (χ0n) is 12.1. The Kier molecular flexibility index (Phi) is 4.79. The number of nitrogens with one attached hydrogen (secondary N) is 1. The second-order valence-corrected chi connectivity index (χ2v) is 6.80. The molecular weight excluding hydrogens is 240 g/mol. The van der Waals surface area contributed by atoms with E-state index in [0.717, 1.165) is 12.6 Å². The van der Waals surface area contributed by atoms with Crippen molar-refractivity contribution in [2.45, 2.75) is 77.8 Å². The Morgan fingerprint density at radius 2 is 1.94 bits per heavy atom. The highest BCUT2D eigenvalue weighted by atomic mass is 32.1. The Morgan fingerprint density at radius 3 is 2.44 bits per heavy atom. The molecule has 1 aromatic heterocycles. The molecule has 2 nitrogen and oxygen atoms in total. The van der Waals surface area contributed by atoms with Gasteiger partial charge in [-0.05, 0) is 31.6 Å². The fourth-order valence-electron chi connectivity index (χ4n) is 2.30. The van der Waals surface area contributed by atoms with Crippen molar-refractivity contribution in [1.29, 1.82) is 0 Å². The molecule has 1 N–H and O–H groups in total. The van der Waals surface area contributed by atoms with Gasteiger partial charge in [-0.15, -0.1) is 11.3 Å². The minimum absolute atomic E-state index is 0.542. The summed E-state index contributed by atoms with van der Waals surface area (Å²) in [5.74, 6) is 1.20. The molecular formula is C15H26N2S. The van der Waals surface area contributed by atoms with Gasteiger partial charge < -0.3 is 5.32 Å². The Labute approximate surface area is 115 Å². The summed E-state index contributed by atoms with van der Waals surface area (Å²) in [5.41, 5.74) is 1.33. The first kappa shape index (κ1) is 14.0. The van der Waals surface area contributed by atoms with E-state index in [2.05, 4.69) is 33.0 Å². The molecule has 3 heteroatoms. The Morgan fingerprint density at radius 1 is 1.28 bits per heavy atom. The molecule has 0 unspecified atom stereocenters. The van der Waals surface area contributed by atoms with Crippen molar-refractivity contribution in [2.75, 3.05) is 0 Å². The highest BCUT2D eigenvalue weighted by molar-refractivity contribution is 7.11. The summed E-state index contributed by atoms with van der Waals surface area (Å²) < 4.78 is 0. The first-order chi connectivity index (χ1) is 8.65. The SMILES string of the molecule is CCC(CC)c1nc(C(C)C)c(CNC2CC2)s1. The van der Waals surface area contributed by atoms with Crippen molar-refractivity contribution in [1.82, 2.24) is 10.3 Å². The second kappa shape index (κ2) is 6.16. The summed E-state index contributed by atoms with van der Waals surface area (Å²) in [6.07, 6.45) is 5.12. The van der Waals surface area contributed by atoms with Crippen molar-refractivity contribution in [2.24, 2.45) is 0 Å². The van der Waals surface area contributed by atoms with Crippen LogP contribution in [0.5, 0.6) is 0 Å². The normalized spacial score (nSPS) is 15.9. The third-order valence-electron chi connectivity index (χ3n) is 3.75. The topological polar surface area (TPSA) is 24.9 Å². The van der Waals surface area contributed by atoms with E-state index < -0.39 is 0 Å². The van der Waals surface area contributed by atoms with Gasteiger partial charge in [0, 0.05) is 23.4 Å². The van der Waals surface area contributed by atoms with Crippen LogP contribution in [0.15, 0.2) is 0 Å². The number of nitrogens with zero attached hydrogens (tertiary/aromatic N) is 1. The first-order valence-corrected chi connectivity index (χ1v) is 8.20. The standard InChI is InChI=1S/C15H26N2S/c1-5-11(6-2)15-17-14(10(3)4)13(18-15)9-16-12-7-8-12/h10-12,16H,5-9H2,1-4H3. The van der Waals surface area contributed by atoms with Crippen LogP contribution in [0.25, 0.3) is 0 Å². The van der Waals surface area contributed by atoms with E-state index in [-0.39, 0.29) is 0 Å². The molecule has 0 atom stereocenters. The van der Waals surface area contributed by atoms with E-state index in [9.17, 15) is 0 Å². The zero-order valence-corrected chi connectivity index (χ0v) is 12.9. The number of hydrogen-bond acceptors (Lipinski definition) is 3. The van der Waals surface area contributed by atoms with Gasteiger partial charge in [-0.2, -0.15) is 0 Å². The van der Waals surface area contributed by atoms with Gasteiger partial charge in [-0.3, -0.25) is 0 Å². The maximum atomic E-state index is 4.93. The highest BCUT2D eigenvalue weighted by Crippen LogP contribution is 2.33. The number of rotatable bonds is 7. The van der Waals surface area contributed by atoms with E-state index >= 15 is 0 Å². The molecule has 1 heterocycles. The summed E-state index contributed by atoms with van der Waals surface area (Å²) in [4.78, 5) is 6.40. The largest absolute Gasteiger partial charge is 0.309 e. The fourth-order valence-corrected chi connectivity index (χ4v) is 3.74. The third-order valence-corrected chi connectivity index (χ3v) is 4.99. The first-order valence-electron chi connectivity index (χ1n) is 7.38. The third kappa shape index (κ3) is 3.33. The van der Waals surface area contributed by atoms with Gasteiger partial charge in [-0.25, -0.2) is 4.98 Å². The summed E-state index contributed by atoms with van der Waals surface area (Å²) in [5, 5.41) is 4.98. The Balaban J connectivity index is 2.13. The van der Waals surface area contributed by atoms with Crippen molar-refractivity contribution < 1.29 is 0 Å². The minimum atomic E-state index is 0.542. The smallest absolute Gasteiger partial charge is 0.0962 e. The maximum Gasteiger partial charge on any atom is 0.0962 e. The quantitative estimate of drug-likeness (QED) is 0.790. The molecule has 1 aliphatic carbocycles. The van der Waals surface area contributed by atoms with Crippen LogP contribution < -0.4 is 5.32 Å². The molecule has 18 heavy (non-hydrogen) atoms. The van der Waals surface area contributed by atoms with Crippen LogP contribution >= 0.6 is 11.3 Å². The van der Waals surface area contributed by atoms with Gasteiger partial charge in [0.2, 0.25) is 0 Å². The average molecular weight is 266 g/mol. The molecule has 0 aliphatic heterocycles. The van der Waals surface area contributed by atoms with E-state index in [4.69, 9.17) is 4.98 Å². The predicted octanol–water partition coefficient (Wildman–Crippen LogP) is 4.42. The summed E-state index contributed by atoms with van der Waals surface area (Å²) in [6.45, 7) is 10.1. The van der Waals surface area contributed by atoms with Gasteiger partial charge in [0.1, 0.15) is 0 Å². The molecule has 0 bridgehead atoms. The maximum absolute atomic E-state index is 4.93. The summed E-state index contributed by atoms with van der Waals surface area (Å²) in [6, 6.07) is 0.781. The zero-order chi connectivity index (χ0) is 13.1. The van der Waals surface area contributed by atoms with Crippen molar-refractivity contribution in [3.63, 3.8) is 0 Å². The Bertz CT molecular complexity index is 376. The van der Waals surface area contributed by atoms with E-state index in [1.54, 1.807) is 0 Å². The van der Waals surface area contributed by atoms with E-state index in [1.807, 2.05) is 11.3 Å². The van der Waals surface area contributed by atoms with Crippen molar-refractivity contribution in [3.05, 3.63) is 15.6 Å². The predicted molar refractivity (Wildman–Crippen MR) is 79.4 cm³/mol. The van der Waals surface area contributed by atoms with Gasteiger partial charge in [0.25, 0.3) is 0 Å². The van der Waals surface area contributed by atoms with Crippen molar-refractivity contribution in [3.8, 4) is 0 Å². The molecule has 0 radical (unpaired) electrons. The second-order valence-electron chi connectivity index (χ2n) is 5.68. The number of aromatic nitrogens is 1. The molecule has 1 fully saturated rings. The number of thiazole rings is 1. The average Bonchev–Trinajstić information content (AvgIpc) is 3.08. The lowest BCUT2D eigenvalue weighted by Gasteiger charge is -2.07. The molecule has 0 aromatic carbocycles. The molecule has 0 saturated heterocycles. The summed E-state index contributed by atoms with van der Waals surface area (Å²) >= 11 is 1.94. The van der Waals surface area contributed by atoms with Crippen LogP contribution in [-0.2, 0) is 6.54 Å². The fraction of sp³-hybridized carbons (Fsp3) is 0.800. The molecule has 0 spiro atoms. The van der Waals surface area contributed by atoms with Crippen LogP contribution in [-0.4, -0.2) is 11.0 Å².